The number of carboxylic acid groups (broad SMARTS) is 1. The molecule has 0 aliphatic rings. The summed E-state index contributed by atoms with van der Waals surface area (Å²) in [6, 6.07) is 13.5. The molecule has 0 radical (unpaired) electrons. The second kappa shape index (κ2) is 15.7. The van der Waals surface area contributed by atoms with E-state index in [1.54, 1.807) is 24.5 Å². The van der Waals surface area contributed by atoms with Gasteiger partial charge in [-0.15, -0.1) is 33.3 Å². The largest absolute Gasteiger partial charge is 0.490 e. The Morgan fingerprint density at radius 3 is 2.41 bits per heavy atom. The Labute approximate surface area is 269 Å². The smallest absolute Gasteiger partial charge is 0.475 e. The second-order valence-corrected chi connectivity index (χ2v) is 13.4. The highest BCUT2D eigenvalue weighted by Gasteiger charge is 2.38. The van der Waals surface area contributed by atoms with Crippen LogP contribution in [-0.4, -0.2) is 71.0 Å². The number of nitrogens with one attached hydrogen (secondary N) is 4. The van der Waals surface area contributed by atoms with E-state index in [-0.39, 0.29) is 21.3 Å². The molecule has 4 rings (SSSR count). The van der Waals surface area contributed by atoms with E-state index in [0.29, 0.717) is 39.9 Å². The maximum atomic E-state index is 14.0. The number of aromatic amines is 1. The van der Waals surface area contributed by atoms with Gasteiger partial charge in [0.15, 0.2) is 5.82 Å². The van der Waals surface area contributed by atoms with Crippen molar-refractivity contribution in [3.05, 3.63) is 64.8 Å². The number of nitrogens with zero attached hydrogens (tertiary/aromatic N) is 3. The van der Waals surface area contributed by atoms with E-state index in [4.69, 9.17) is 21.0 Å². The monoisotopic (exact) mass is 698 g/mol. The average molecular weight is 699 g/mol. The maximum absolute atomic E-state index is 14.0. The number of amidine groups is 1. The number of alkyl halides is 3. The Bertz CT molecular complexity index is 1800. The summed E-state index contributed by atoms with van der Waals surface area (Å²) in [5, 5.41) is 34.1. The quantitative estimate of drug-likeness (QED) is 0.0541. The lowest BCUT2D eigenvalue weighted by molar-refractivity contribution is -0.192. The molecular formula is C27H29F3N8O5S3. The van der Waals surface area contributed by atoms with Gasteiger partial charge >= 0.3 is 18.2 Å². The molecule has 7 N–H and O–H groups in total. The van der Waals surface area contributed by atoms with Crippen molar-refractivity contribution in [3.8, 4) is 11.1 Å². The van der Waals surface area contributed by atoms with Crippen LogP contribution in [0.3, 0.4) is 0 Å². The summed E-state index contributed by atoms with van der Waals surface area (Å²) in [6.45, 7) is 2.34. The number of thiophene rings is 1. The number of H-pyrrole nitrogens is 1. The number of sulfone groups is 1. The molecule has 2 amide bonds. The number of hydrogen-bond donors (Lipinski definition) is 6. The Balaban J connectivity index is 0.000000738. The van der Waals surface area contributed by atoms with E-state index in [0.717, 1.165) is 28.9 Å². The third-order valence-corrected chi connectivity index (χ3v) is 10.5. The summed E-state index contributed by atoms with van der Waals surface area (Å²) < 4.78 is 60.3. The van der Waals surface area contributed by atoms with Crippen LogP contribution < -0.4 is 16.4 Å². The van der Waals surface area contributed by atoms with Crippen LogP contribution in [0.1, 0.15) is 29.1 Å². The highest BCUT2D eigenvalue weighted by Crippen LogP contribution is 2.40. The lowest BCUT2D eigenvalue weighted by Gasteiger charge is -2.15. The molecule has 2 heterocycles. The summed E-state index contributed by atoms with van der Waals surface area (Å²) in [6.07, 6.45) is -1.26. The molecule has 0 aliphatic heterocycles. The van der Waals surface area contributed by atoms with Gasteiger partial charge in [-0.3, -0.25) is 5.41 Å². The second-order valence-electron chi connectivity index (χ2n) is 9.38. The van der Waals surface area contributed by atoms with Crippen molar-refractivity contribution in [3.63, 3.8) is 0 Å². The summed E-state index contributed by atoms with van der Waals surface area (Å²) >= 11 is 2.41. The zero-order valence-electron chi connectivity index (χ0n) is 24.3. The molecule has 0 fully saturated rings. The van der Waals surface area contributed by atoms with Crippen molar-refractivity contribution >= 4 is 56.5 Å². The van der Waals surface area contributed by atoms with Gasteiger partial charge in [0.2, 0.25) is 9.84 Å². The van der Waals surface area contributed by atoms with E-state index in [9.17, 15) is 26.4 Å². The zero-order chi connectivity index (χ0) is 34.1. The van der Waals surface area contributed by atoms with E-state index in [2.05, 4.69) is 31.3 Å². The molecule has 19 heteroatoms. The van der Waals surface area contributed by atoms with Crippen LogP contribution in [0.5, 0.6) is 0 Å². The fourth-order valence-corrected chi connectivity index (χ4v) is 7.95. The number of carbonyl (C=O) groups excluding carboxylic acids is 1. The minimum absolute atomic E-state index is 0.0429. The van der Waals surface area contributed by atoms with E-state index in [1.165, 1.54) is 17.8 Å². The number of aryl methyl sites for hydroxylation is 2. The molecule has 0 unspecified atom stereocenters. The summed E-state index contributed by atoms with van der Waals surface area (Å²) in [5.41, 5.74) is 8.37. The van der Waals surface area contributed by atoms with Gasteiger partial charge in [-0.05, 0) is 60.9 Å². The van der Waals surface area contributed by atoms with Crippen LogP contribution in [0.25, 0.3) is 11.1 Å². The number of anilines is 1. The van der Waals surface area contributed by atoms with E-state index >= 15 is 0 Å². The van der Waals surface area contributed by atoms with Crippen LogP contribution in [0, 0.1) is 12.3 Å². The SMILES string of the molecule is CSc1sc(C(=N)N)cc1S(=O)(=O)c1cc(-c2ccccc2C)ccc1NC(=O)NCCCCc1nn[nH]n1.O=C(O)C(F)(F)F. The summed E-state index contributed by atoms with van der Waals surface area (Å²) in [4.78, 5) is 22.0. The molecule has 2 aromatic heterocycles. The topological polar surface area (TPSA) is 217 Å². The number of rotatable bonds is 11. The fraction of sp³-hybridized carbons (Fsp3) is 0.259. The van der Waals surface area contributed by atoms with Crippen LogP contribution in [0.15, 0.2) is 62.5 Å². The van der Waals surface area contributed by atoms with Crippen molar-refractivity contribution in [2.45, 2.75) is 46.4 Å². The minimum Gasteiger partial charge on any atom is -0.475 e. The molecule has 4 aromatic rings. The zero-order valence-corrected chi connectivity index (χ0v) is 26.8. The number of hydrogen-bond acceptors (Lipinski definition) is 10. The average Bonchev–Trinajstić information content (AvgIpc) is 3.68. The molecule has 0 spiro atoms. The van der Waals surface area contributed by atoms with Crippen molar-refractivity contribution in [1.82, 2.24) is 25.9 Å². The molecule has 246 valence electrons. The van der Waals surface area contributed by atoms with E-state index < -0.39 is 28.0 Å². The van der Waals surface area contributed by atoms with Crippen molar-refractivity contribution < 1.29 is 36.3 Å². The van der Waals surface area contributed by atoms with Gasteiger partial charge in [0.25, 0.3) is 0 Å². The number of urea groups is 1. The molecule has 13 nitrogen and oxygen atoms in total. The van der Waals surface area contributed by atoms with Gasteiger partial charge in [0, 0.05) is 13.0 Å². The maximum Gasteiger partial charge on any atom is 0.490 e. The number of carboxylic acids is 1. The van der Waals surface area contributed by atoms with Gasteiger partial charge in [-0.2, -0.15) is 18.4 Å². The van der Waals surface area contributed by atoms with Crippen LogP contribution in [-0.2, 0) is 21.1 Å². The van der Waals surface area contributed by atoms with Gasteiger partial charge < -0.3 is 21.5 Å². The van der Waals surface area contributed by atoms with Gasteiger partial charge in [-0.25, -0.2) is 18.0 Å². The molecule has 0 atom stereocenters. The number of nitrogens with two attached hydrogens (primary N) is 1. The Hall–Kier alpha value is -4.49. The number of amides is 2. The molecule has 0 saturated heterocycles. The van der Waals surface area contributed by atoms with Crippen molar-refractivity contribution in [2.75, 3.05) is 18.1 Å². The van der Waals surface area contributed by atoms with Gasteiger partial charge in [0.1, 0.15) is 5.84 Å². The molecule has 46 heavy (non-hydrogen) atoms. The normalized spacial score (nSPS) is 11.3. The number of tetrazole rings is 1. The lowest BCUT2D eigenvalue weighted by Crippen LogP contribution is -2.30. The third-order valence-electron chi connectivity index (χ3n) is 6.13. The molecule has 0 aliphatic carbocycles. The summed E-state index contributed by atoms with van der Waals surface area (Å²) in [5.74, 6) is -2.36. The van der Waals surface area contributed by atoms with E-state index in [1.807, 2.05) is 31.2 Å². The third kappa shape index (κ3) is 9.51. The van der Waals surface area contributed by atoms with Gasteiger partial charge in [-0.1, -0.05) is 35.5 Å². The number of aromatic nitrogens is 4. The highest BCUT2D eigenvalue weighted by molar-refractivity contribution is 8.01. The number of halogens is 3. The van der Waals surface area contributed by atoms with Crippen molar-refractivity contribution in [1.29, 1.82) is 5.41 Å². The minimum atomic E-state index is -5.08. The number of thioether (sulfide) groups is 1. The van der Waals surface area contributed by atoms with Crippen LogP contribution in [0.2, 0.25) is 0 Å². The summed E-state index contributed by atoms with van der Waals surface area (Å²) in [7, 11) is -4.10. The first-order valence-electron chi connectivity index (χ1n) is 13.2. The number of aliphatic carboxylic acids is 1. The molecule has 2 aromatic carbocycles. The Morgan fingerprint density at radius 1 is 1.13 bits per heavy atom. The molecular weight excluding hydrogens is 670 g/mol. The highest BCUT2D eigenvalue weighted by atomic mass is 32.2. The fourth-order valence-electron chi connectivity index (χ4n) is 3.92. The molecule has 0 bridgehead atoms. The Kier molecular flexibility index (Phi) is 12.3. The number of benzene rings is 2. The lowest BCUT2D eigenvalue weighted by atomic mass is 10.0. The first-order chi connectivity index (χ1) is 21.6. The predicted molar refractivity (Wildman–Crippen MR) is 167 cm³/mol. The Morgan fingerprint density at radius 2 is 1.83 bits per heavy atom. The molecule has 0 saturated carbocycles. The number of carbonyl (C=O) groups is 2. The van der Waals surface area contributed by atoms with Crippen molar-refractivity contribution in [2.24, 2.45) is 5.73 Å². The first-order valence-corrected chi connectivity index (χ1v) is 16.7. The number of nitrogen functional groups attached to an aromatic ring is 1. The predicted octanol–water partition coefficient (Wildman–Crippen LogP) is 4.85. The van der Waals surface area contributed by atoms with Crippen LogP contribution in [0.4, 0.5) is 23.7 Å². The van der Waals surface area contributed by atoms with Gasteiger partial charge in [0.05, 0.1) is 24.6 Å². The number of unbranched alkanes of at least 4 members (excludes halogenated alkanes) is 1. The first kappa shape index (κ1) is 36.0. The van der Waals surface area contributed by atoms with Crippen LogP contribution >= 0.6 is 23.1 Å². The standard InChI is InChI=1S/C25H28N8O3S3.C2HF3O2/c1-15-7-3-4-8-17(15)16-10-11-18(29-25(34)28-12-6-5-9-22-30-32-33-31-22)20(13-16)39(35,36)21-14-19(23(26)27)38-24(21)37-2;3-2(4,5)1(6)7/h3-4,7-8,10-11,13-14H,5-6,9,12H2,1-2H3,(H3,26,27)(H2,28,29,34)(H,30,31,32,33);(H,6,7).